The van der Waals surface area contributed by atoms with Crippen molar-refractivity contribution in [2.45, 2.75) is 19.9 Å². The number of hydrazine groups is 1. The highest BCUT2D eigenvalue weighted by atomic mass is 15.2. The molecule has 1 aromatic carbocycles. The summed E-state index contributed by atoms with van der Waals surface area (Å²) in [4.78, 5) is 4.13. The van der Waals surface area contributed by atoms with E-state index in [1.807, 2.05) is 18.3 Å². The first-order valence-electron chi connectivity index (χ1n) is 5.65. The summed E-state index contributed by atoms with van der Waals surface area (Å²) >= 11 is 0. The molecule has 3 nitrogen and oxygen atoms in total. The highest BCUT2D eigenvalue weighted by Gasteiger charge is 2.14. The first-order chi connectivity index (χ1) is 8.22. The van der Waals surface area contributed by atoms with Crippen LogP contribution in [-0.4, -0.2) is 4.98 Å². The molecule has 3 N–H and O–H groups in total. The molecule has 0 aliphatic heterocycles. The zero-order valence-corrected chi connectivity index (χ0v) is 10.1. The lowest BCUT2D eigenvalue weighted by atomic mass is 9.95. The molecule has 0 spiro atoms. The van der Waals surface area contributed by atoms with Crippen LogP contribution in [0.3, 0.4) is 0 Å². The molecule has 1 aromatic heterocycles. The van der Waals surface area contributed by atoms with E-state index in [2.05, 4.69) is 42.5 Å². The maximum atomic E-state index is 5.67. The zero-order chi connectivity index (χ0) is 12.3. The number of nitrogens with one attached hydrogen (secondary N) is 1. The molecule has 0 saturated heterocycles. The number of nitrogens with two attached hydrogens (primary N) is 1. The molecule has 0 fully saturated rings. The van der Waals surface area contributed by atoms with Gasteiger partial charge < -0.3 is 0 Å². The van der Waals surface area contributed by atoms with Gasteiger partial charge in [0.25, 0.3) is 0 Å². The fourth-order valence-electron chi connectivity index (χ4n) is 2.06. The third-order valence-electron chi connectivity index (χ3n) is 2.92. The van der Waals surface area contributed by atoms with Crippen molar-refractivity contribution in [1.29, 1.82) is 0 Å². The minimum atomic E-state index is -0.00991. The predicted molar refractivity (Wildman–Crippen MR) is 69.3 cm³/mol. The van der Waals surface area contributed by atoms with Crippen molar-refractivity contribution in [2.24, 2.45) is 5.84 Å². The van der Waals surface area contributed by atoms with E-state index in [0.717, 1.165) is 5.56 Å². The molecule has 0 aliphatic rings. The first kappa shape index (κ1) is 11.8. The van der Waals surface area contributed by atoms with Gasteiger partial charge in [0.05, 0.1) is 6.04 Å². The Hall–Kier alpha value is -1.71. The molecule has 3 heteroatoms. The number of rotatable bonds is 3. The zero-order valence-electron chi connectivity index (χ0n) is 10.1. The predicted octanol–water partition coefficient (Wildman–Crippen LogP) is 2.25. The Morgan fingerprint density at radius 1 is 1.24 bits per heavy atom. The van der Waals surface area contributed by atoms with Crippen molar-refractivity contribution in [3.05, 3.63) is 65.0 Å². The smallest absolute Gasteiger partial charge is 0.0727 e. The van der Waals surface area contributed by atoms with E-state index in [0.29, 0.717) is 0 Å². The van der Waals surface area contributed by atoms with Gasteiger partial charge in [0, 0.05) is 12.4 Å². The van der Waals surface area contributed by atoms with Crippen molar-refractivity contribution >= 4 is 0 Å². The van der Waals surface area contributed by atoms with Gasteiger partial charge in [-0.15, -0.1) is 0 Å². The summed E-state index contributed by atoms with van der Waals surface area (Å²) < 4.78 is 0. The number of benzene rings is 1. The largest absolute Gasteiger partial charge is 0.271 e. The van der Waals surface area contributed by atoms with Crippen molar-refractivity contribution < 1.29 is 0 Å². The van der Waals surface area contributed by atoms with Crippen molar-refractivity contribution in [2.75, 3.05) is 0 Å². The fraction of sp³-hybridized carbons (Fsp3) is 0.214. The summed E-state index contributed by atoms with van der Waals surface area (Å²) in [7, 11) is 0. The van der Waals surface area contributed by atoms with E-state index < -0.39 is 0 Å². The molecule has 1 unspecified atom stereocenters. The molecule has 0 radical (unpaired) electrons. The molecule has 17 heavy (non-hydrogen) atoms. The van der Waals surface area contributed by atoms with E-state index in [-0.39, 0.29) is 6.04 Å². The van der Waals surface area contributed by atoms with Gasteiger partial charge in [0.15, 0.2) is 0 Å². The minimum absolute atomic E-state index is 0.00991. The van der Waals surface area contributed by atoms with Crippen LogP contribution in [0.15, 0.2) is 42.7 Å². The SMILES string of the molecule is Cc1ccc(C(NN)c2cccnc2)c(C)c1. The quantitative estimate of drug-likeness (QED) is 0.624. The molecule has 2 aromatic rings. The van der Waals surface area contributed by atoms with Crippen LogP contribution in [0.4, 0.5) is 0 Å². The summed E-state index contributed by atoms with van der Waals surface area (Å²) in [6.45, 7) is 4.19. The summed E-state index contributed by atoms with van der Waals surface area (Å²) in [5, 5.41) is 0. The maximum Gasteiger partial charge on any atom is 0.0727 e. The normalized spacial score (nSPS) is 12.4. The second-order valence-corrected chi connectivity index (χ2v) is 4.25. The standard InChI is InChI=1S/C14H17N3/c1-10-5-6-13(11(2)8-10)14(17-15)12-4-3-7-16-9-12/h3-9,14,17H,15H2,1-2H3. The van der Waals surface area contributed by atoms with Gasteiger partial charge in [-0.3, -0.25) is 10.8 Å². The molecule has 0 saturated carbocycles. The second kappa shape index (κ2) is 5.08. The van der Waals surface area contributed by atoms with Gasteiger partial charge >= 0.3 is 0 Å². The van der Waals surface area contributed by atoms with E-state index in [9.17, 15) is 0 Å². The van der Waals surface area contributed by atoms with Crippen LogP contribution in [0.5, 0.6) is 0 Å². The molecular weight excluding hydrogens is 210 g/mol. The maximum absolute atomic E-state index is 5.67. The van der Waals surface area contributed by atoms with Crippen LogP contribution < -0.4 is 11.3 Å². The molecule has 0 bridgehead atoms. The van der Waals surface area contributed by atoms with Crippen LogP contribution in [0.25, 0.3) is 0 Å². The van der Waals surface area contributed by atoms with E-state index >= 15 is 0 Å². The van der Waals surface area contributed by atoms with Crippen LogP contribution in [0, 0.1) is 13.8 Å². The van der Waals surface area contributed by atoms with Gasteiger partial charge in [-0.2, -0.15) is 0 Å². The second-order valence-electron chi connectivity index (χ2n) is 4.25. The monoisotopic (exact) mass is 227 g/mol. The Balaban J connectivity index is 2.42. The van der Waals surface area contributed by atoms with Gasteiger partial charge in [0.1, 0.15) is 0 Å². The molecule has 88 valence electrons. The Labute approximate surface area is 102 Å². The van der Waals surface area contributed by atoms with Crippen LogP contribution in [-0.2, 0) is 0 Å². The van der Waals surface area contributed by atoms with Crippen molar-refractivity contribution in [3.8, 4) is 0 Å². The lowest BCUT2D eigenvalue weighted by Gasteiger charge is -2.19. The number of hydrogen-bond donors (Lipinski definition) is 2. The van der Waals surface area contributed by atoms with E-state index in [1.54, 1.807) is 6.20 Å². The Morgan fingerprint density at radius 3 is 2.65 bits per heavy atom. The van der Waals surface area contributed by atoms with Crippen LogP contribution in [0.2, 0.25) is 0 Å². The molecule has 2 rings (SSSR count). The van der Waals surface area contributed by atoms with Crippen LogP contribution >= 0.6 is 0 Å². The van der Waals surface area contributed by atoms with Gasteiger partial charge in [-0.25, -0.2) is 5.43 Å². The first-order valence-corrected chi connectivity index (χ1v) is 5.65. The highest BCUT2D eigenvalue weighted by molar-refractivity contribution is 5.37. The molecule has 1 heterocycles. The average molecular weight is 227 g/mol. The van der Waals surface area contributed by atoms with Crippen molar-refractivity contribution in [1.82, 2.24) is 10.4 Å². The number of aryl methyl sites for hydroxylation is 2. The number of nitrogens with zero attached hydrogens (tertiary/aromatic N) is 1. The summed E-state index contributed by atoms with van der Waals surface area (Å²) in [5.41, 5.74) is 7.60. The number of hydrogen-bond acceptors (Lipinski definition) is 3. The Morgan fingerprint density at radius 2 is 2.06 bits per heavy atom. The van der Waals surface area contributed by atoms with Gasteiger partial charge in [0.2, 0.25) is 0 Å². The molecular formula is C14H17N3. The van der Waals surface area contributed by atoms with Gasteiger partial charge in [-0.1, -0.05) is 29.8 Å². The Kier molecular flexibility index (Phi) is 3.52. The van der Waals surface area contributed by atoms with E-state index in [1.165, 1.54) is 16.7 Å². The summed E-state index contributed by atoms with van der Waals surface area (Å²) in [6.07, 6.45) is 3.60. The van der Waals surface area contributed by atoms with Crippen LogP contribution in [0.1, 0.15) is 28.3 Å². The summed E-state index contributed by atoms with van der Waals surface area (Å²) in [6, 6.07) is 10.3. The Bertz CT molecular complexity index is 494. The molecule has 0 amide bonds. The number of aromatic nitrogens is 1. The number of pyridine rings is 1. The minimum Gasteiger partial charge on any atom is -0.271 e. The van der Waals surface area contributed by atoms with E-state index in [4.69, 9.17) is 5.84 Å². The molecule has 1 atom stereocenters. The highest BCUT2D eigenvalue weighted by Crippen LogP contribution is 2.24. The lowest BCUT2D eigenvalue weighted by Crippen LogP contribution is -2.29. The lowest BCUT2D eigenvalue weighted by molar-refractivity contribution is 0.631. The summed E-state index contributed by atoms with van der Waals surface area (Å²) in [5.74, 6) is 5.67. The molecule has 0 aliphatic carbocycles. The van der Waals surface area contributed by atoms with Gasteiger partial charge in [-0.05, 0) is 36.6 Å². The third-order valence-corrected chi connectivity index (χ3v) is 2.92. The fourth-order valence-corrected chi connectivity index (χ4v) is 2.06. The topological polar surface area (TPSA) is 50.9 Å². The third kappa shape index (κ3) is 2.52. The average Bonchev–Trinajstić information content (AvgIpc) is 2.34. The van der Waals surface area contributed by atoms with Crippen molar-refractivity contribution in [3.63, 3.8) is 0 Å².